The Morgan fingerprint density at radius 2 is 1.62 bits per heavy atom. The van der Waals surface area contributed by atoms with Crippen molar-refractivity contribution in [3.8, 4) is 16.9 Å². The lowest BCUT2D eigenvalue weighted by atomic mass is 10.1. The van der Waals surface area contributed by atoms with Gasteiger partial charge in [0.05, 0.1) is 17.5 Å². The van der Waals surface area contributed by atoms with Gasteiger partial charge in [-0.2, -0.15) is 4.99 Å². The lowest BCUT2D eigenvalue weighted by Gasteiger charge is -2.11. The van der Waals surface area contributed by atoms with E-state index in [1.807, 2.05) is 36.4 Å². The summed E-state index contributed by atoms with van der Waals surface area (Å²) in [5.41, 5.74) is 3.12. The van der Waals surface area contributed by atoms with E-state index in [1.54, 1.807) is 0 Å². The molecule has 21 heavy (non-hydrogen) atoms. The Bertz CT molecular complexity index is 613. The van der Waals surface area contributed by atoms with Crippen LogP contribution in [0.5, 0.6) is 5.75 Å². The van der Waals surface area contributed by atoms with Crippen molar-refractivity contribution < 1.29 is 4.74 Å². The third kappa shape index (κ3) is 4.52. The number of thiocarbonyl (C=S) groups is 1. The molecule has 0 fully saturated rings. The molecule has 108 valence electrons. The van der Waals surface area contributed by atoms with Crippen LogP contribution in [0.15, 0.2) is 53.5 Å². The highest BCUT2D eigenvalue weighted by molar-refractivity contribution is 7.78. The minimum Gasteiger partial charge on any atom is -0.493 e. The van der Waals surface area contributed by atoms with E-state index < -0.39 is 0 Å². The molecule has 0 amide bonds. The number of rotatable bonds is 6. The lowest BCUT2D eigenvalue weighted by Crippen LogP contribution is -2.06. The van der Waals surface area contributed by atoms with Crippen LogP contribution in [0.3, 0.4) is 0 Å². The van der Waals surface area contributed by atoms with E-state index in [-0.39, 0.29) is 0 Å². The van der Waals surface area contributed by atoms with Crippen LogP contribution >= 0.6 is 12.2 Å². The summed E-state index contributed by atoms with van der Waals surface area (Å²) >= 11 is 4.60. The van der Waals surface area contributed by atoms with Crippen LogP contribution in [0.1, 0.15) is 20.3 Å². The van der Waals surface area contributed by atoms with Crippen molar-refractivity contribution in [1.29, 1.82) is 0 Å². The van der Waals surface area contributed by atoms with Gasteiger partial charge in [-0.25, -0.2) is 0 Å². The van der Waals surface area contributed by atoms with Gasteiger partial charge in [0.1, 0.15) is 5.75 Å². The molecule has 2 nitrogen and oxygen atoms in total. The molecule has 0 aliphatic heterocycles. The maximum Gasteiger partial charge on any atom is 0.119 e. The maximum atomic E-state index is 5.77. The highest BCUT2D eigenvalue weighted by Crippen LogP contribution is 2.24. The summed E-state index contributed by atoms with van der Waals surface area (Å²) in [5, 5.41) is 2.37. The van der Waals surface area contributed by atoms with Crippen LogP contribution < -0.4 is 4.74 Å². The Morgan fingerprint density at radius 1 is 1.05 bits per heavy atom. The molecule has 1 atom stereocenters. The smallest absolute Gasteiger partial charge is 0.119 e. The van der Waals surface area contributed by atoms with Gasteiger partial charge in [0.2, 0.25) is 0 Å². The van der Waals surface area contributed by atoms with Gasteiger partial charge in [-0.3, -0.25) is 0 Å². The van der Waals surface area contributed by atoms with Gasteiger partial charge in [-0.05, 0) is 53.5 Å². The SMILES string of the molecule is CCC(C)COc1ccc(-c2ccc(N=C=S)cc2)cc1. The fraction of sp³-hybridized carbons (Fsp3) is 0.278. The zero-order valence-corrected chi connectivity index (χ0v) is 13.2. The first-order valence-electron chi connectivity index (χ1n) is 7.14. The molecule has 2 aromatic carbocycles. The molecule has 2 aromatic rings. The maximum absolute atomic E-state index is 5.77. The summed E-state index contributed by atoms with van der Waals surface area (Å²) in [6.45, 7) is 5.13. The van der Waals surface area contributed by atoms with Crippen LogP contribution in [0.2, 0.25) is 0 Å². The molecule has 2 rings (SSSR count). The summed E-state index contributed by atoms with van der Waals surface area (Å²) in [6.07, 6.45) is 1.13. The Hall–Kier alpha value is -1.96. The van der Waals surface area contributed by atoms with Gasteiger partial charge in [0.25, 0.3) is 0 Å². The molecule has 0 aliphatic rings. The van der Waals surface area contributed by atoms with Gasteiger partial charge < -0.3 is 4.74 Å². The summed E-state index contributed by atoms with van der Waals surface area (Å²) in [6, 6.07) is 16.1. The largest absolute Gasteiger partial charge is 0.493 e. The minimum absolute atomic E-state index is 0.582. The fourth-order valence-electron chi connectivity index (χ4n) is 1.88. The molecular weight excluding hydrogens is 278 g/mol. The number of benzene rings is 2. The molecule has 0 saturated carbocycles. The van der Waals surface area contributed by atoms with E-state index in [9.17, 15) is 0 Å². The van der Waals surface area contributed by atoms with E-state index in [4.69, 9.17) is 4.74 Å². The van der Waals surface area contributed by atoms with Crippen molar-refractivity contribution >= 4 is 23.1 Å². The zero-order valence-electron chi connectivity index (χ0n) is 12.4. The van der Waals surface area contributed by atoms with Crippen LogP contribution in [0, 0.1) is 5.92 Å². The van der Waals surface area contributed by atoms with Crippen molar-refractivity contribution in [3.05, 3.63) is 48.5 Å². The highest BCUT2D eigenvalue weighted by Gasteiger charge is 2.02. The Kier molecular flexibility index (Phi) is 5.68. The topological polar surface area (TPSA) is 21.6 Å². The number of hydrogen-bond acceptors (Lipinski definition) is 3. The Balaban J connectivity index is 2.06. The Labute approximate surface area is 131 Å². The summed E-state index contributed by atoms with van der Waals surface area (Å²) in [5.74, 6) is 1.50. The van der Waals surface area contributed by atoms with Crippen LogP contribution in [0.4, 0.5) is 5.69 Å². The molecule has 0 spiro atoms. The molecule has 0 heterocycles. The monoisotopic (exact) mass is 297 g/mol. The molecule has 0 aliphatic carbocycles. The number of nitrogens with zero attached hydrogens (tertiary/aromatic N) is 1. The van der Waals surface area contributed by atoms with Crippen LogP contribution in [0.25, 0.3) is 11.1 Å². The predicted molar refractivity (Wildman–Crippen MR) is 91.5 cm³/mol. The third-order valence-electron chi connectivity index (χ3n) is 3.46. The van der Waals surface area contributed by atoms with E-state index in [0.717, 1.165) is 35.6 Å². The van der Waals surface area contributed by atoms with Gasteiger partial charge in [-0.1, -0.05) is 44.5 Å². The van der Waals surface area contributed by atoms with E-state index in [1.165, 1.54) is 0 Å². The van der Waals surface area contributed by atoms with Crippen LogP contribution in [-0.4, -0.2) is 11.8 Å². The molecule has 1 unspecified atom stereocenters. The molecule has 0 radical (unpaired) electrons. The van der Waals surface area contributed by atoms with Gasteiger partial charge in [0, 0.05) is 0 Å². The molecule has 0 N–H and O–H groups in total. The standard InChI is InChI=1S/C18H19NOS/c1-3-14(2)12-20-18-10-6-16(7-11-18)15-4-8-17(9-5-15)19-13-21/h4-11,14H,3,12H2,1-2H3. The first kappa shape index (κ1) is 15.4. The van der Waals surface area contributed by atoms with Crippen molar-refractivity contribution in [2.75, 3.05) is 6.61 Å². The van der Waals surface area contributed by atoms with Crippen molar-refractivity contribution in [2.24, 2.45) is 10.9 Å². The average molecular weight is 297 g/mol. The second-order valence-electron chi connectivity index (χ2n) is 5.10. The van der Waals surface area contributed by atoms with Crippen molar-refractivity contribution in [3.63, 3.8) is 0 Å². The van der Waals surface area contributed by atoms with Crippen molar-refractivity contribution in [1.82, 2.24) is 0 Å². The molecule has 3 heteroatoms. The van der Waals surface area contributed by atoms with E-state index in [2.05, 4.69) is 48.4 Å². The number of ether oxygens (including phenoxy) is 1. The zero-order chi connectivity index (χ0) is 15.1. The molecule has 0 saturated heterocycles. The summed E-state index contributed by atoms with van der Waals surface area (Å²) in [4.78, 5) is 3.95. The van der Waals surface area contributed by atoms with Gasteiger partial charge in [-0.15, -0.1) is 0 Å². The molecule has 0 aromatic heterocycles. The lowest BCUT2D eigenvalue weighted by molar-refractivity contribution is 0.256. The summed E-state index contributed by atoms with van der Waals surface area (Å²) < 4.78 is 5.77. The fourth-order valence-corrected chi connectivity index (χ4v) is 1.99. The molecule has 0 bridgehead atoms. The number of isothiocyanates is 1. The Morgan fingerprint density at radius 3 is 2.14 bits per heavy atom. The van der Waals surface area contributed by atoms with E-state index >= 15 is 0 Å². The second kappa shape index (κ2) is 7.72. The first-order valence-corrected chi connectivity index (χ1v) is 7.55. The predicted octanol–water partition coefficient (Wildman–Crippen LogP) is 5.51. The van der Waals surface area contributed by atoms with Gasteiger partial charge >= 0.3 is 0 Å². The van der Waals surface area contributed by atoms with Gasteiger partial charge in [0.15, 0.2) is 0 Å². The summed E-state index contributed by atoms with van der Waals surface area (Å²) in [7, 11) is 0. The van der Waals surface area contributed by atoms with Crippen LogP contribution in [-0.2, 0) is 0 Å². The average Bonchev–Trinajstić information content (AvgIpc) is 2.54. The van der Waals surface area contributed by atoms with Crippen molar-refractivity contribution in [2.45, 2.75) is 20.3 Å². The second-order valence-corrected chi connectivity index (χ2v) is 5.28. The highest BCUT2D eigenvalue weighted by atomic mass is 32.1. The number of aliphatic imine (C=N–C) groups is 1. The minimum atomic E-state index is 0.582. The van der Waals surface area contributed by atoms with E-state index in [0.29, 0.717) is 5.92 Å². The molecular formula is C18H19NOS. The normalized spacial score (nSPS) is 11.5. The first-order chi connectivity index (χ1) is 10.2. The number of hydrogen-bond donors (Lipinski definition) is 0. The quantitative estimate of drug-likeness (QED) is 0.517. The third-order valence-corrected chi connectivity index (χ3v) is 3.55.